The number of hydrogen-bond acceptors (Lipinski definition) is 5. The number of sulfone groups is 1. The highest BCUT2D eigenvalue weighted by Crippen LogP contribution is 2.22. The molecule has 1 amide bonds. The number of benzene rings is 2. The Morgan fingerprint density at radius 3 is 2.50 bits per heavy atom. The molecule has 2 aromatic rings. The maximum absolute atomic E-state index is 13.5. The average molecular weight is 420 g/mol. The lowest BCUT2D eigenvalue weighted by atomic mass is 10.2. The Morgan fingerprint density at radius 1 is 1.15 bits per heavy atom. The molecule has 0 saturated carbocycles. The molecule has 0 unspecified atom stereocenters. The van der Waals surface area contributed by atoms with E-state index in [-0.39, 0.29) is 26.2 Å². The molecule has 0 atom stereocenters. The van der Waals surface area contributed by atoms with Crippen molar-refractivity contribution < 1.29 is 27.1 Å². The third kappa shape index (κ3) is 5.17. The zero-order valence-electron chi connectivity index (χ0n) is 13.3. The number of ether oxygens (including phenoxy) is 1. The second kappa shape index (κ2) is 8.03. The van der Waals surface area contributed by atoms with Gasteiger partial charge in [-0.25, -0.2) is 17.6 Å². The van der Waals surface area contributed by atoms with E-state index >= 15 is 0 Å². The summed E-state index contributed by atoms with van der Waals surface area (Å²) in [5.41, 5.74) is -0.382. The molecule has 2 rings (SSSR count). The van der Waals surface area contributed by atoms with E-state index in [2.05, 4.69) is 5.32 Å². The van der Waals surface area contributed by atoms with Crippen molar-refractivity contribution in [3.05, 3.63) is 57.8 Å². The minimum absolute atomic E-state index is 0.0382. The van der Waals surface area contributed by atoms with Gasteiger partial charge in [0.1, 0.15) is 5.82 Å². The molecule has 0 aliphatic heterocycles. The second-order valence-corrected chi connectivity index (χ2v) is 8.02. The second-order valence-electron chi connectivity index (χ2n) is 5.16. The minimum Gasteiger partial charge on any atom is -0.452 e. The van der Waals surface area contributed by atoms with Crippen LogP contribution in [-0.4, -0.2) is 33.2 Å². The summed E-state index contributed by atoms with van der Waals surface area (Å²) >= 11 is 11.6. The number of halogens is 3. The van der Waals surface area contributed by atoms with Crippen molar-refractivity contribution in [3.8, 4) is 0 Å². The molecule has 138 valence electrons. The molecular weight excluding hydrogens is 408 g/mol. The molecule has 0 fully saturated rings. The third-order valence-corrected chi connectivity index (χ3v) is 4.80. The highest BCUT2D eigenvalue weighted by Gasteiger charge is 2.18. The standard InChI is InChI=1S/C16H12Cl2FNO5S/c1-26(23,24)10-3-4-12(18)11(7-10)16(22)25-8-15(21)20-14-6-9(17)2-5-13(14)19/h2-7H,8H2,1H3,(H,20,21). The molecular formula is C16H12Cl2FNO5S. The van der Waals surface area contributed by atoms with Crippen LogP contribution in [-0.2, 0) is 19.4 Å². The molecule has 0 heterocycles. The SMILES string of the molecule is CS(=O)(=O)c1ccc(Cl)c(C(=O)OCC(=O)Nc2cc(Cl)ccc2F)c1. The number of rotatable bonds is 5. The first-order valence-corrected chi connectivity index (χ1v) is 9.64. The van der Waals surface area contributed by atoms with Crippen molar-refractivity contribution in [2.24, 2.45) is 0 Å². The minimum atomic E-state index is -3.56. The number of anilines is 1. The van der Waals surface area contributed by atoms with Crippen molar-refractivity contribution in [3.63, 3.8) is 0 Å². The van der Waals surface area contributed by atoms with E-state index in [0.29, 0.717) is 0 Å². The van der Waals surface area contributed by atoms with Gasteiger partial charge in [0.2, 0.25) is 0 Å². The highest BCUT2D eigenvalue weighted by atomic mass is 35.5. The van der Waals surface area contributed by atoms with Crippen LogP contribution < -0.4 is 5.32 Å². The van der Waals surface area contributed by atoms with Gasteiger partial charge in [0, 0.05) is 11.3 Å². The quantitative estimate of drug-likeness (QED) is 0.750. The Balaban J connectivity index is 2.06. The molecule has 1 N–H and O–H groups in total. The number of hydrogen-bond donors (Lipinski definition) is 1. The summed E-state index contributed by atoms with van der Waals surface area (Å²) in [6, 6.07) is 7.10. The van der Waals surface area contributed by atoms with Crippen molar-refractivity contribution in [1.82, 2.24) is 0 Å². The predicted octanol–water partition coefficient (Wildman–Crippen LogP) is 3.33. The Kier molecular flexibility index (Phi) is 6.22. The Hall–Kier alpha value is -2.16. The van der Waals surface area contributed by atoms with Gasteiger partial charge >= 0.3 is 5.97 Å². The Morgan fingerprint density at radius 2 is 1.85 bits per heavy atom. The molecule has 0 bridgehead atoms. The summed E-state index contributed by atoms with van der Waals surface area (Å²) in [7, 11) is -3.56. The van der Waals surface area contributed by atoms with Crippen LogP contribution in [0.25, 0.3) is 0 Å². The van der Waals surface area contributed by atoms with Gasteiger partial charge in [-0.15, -0.1) is 0 Å². The fourth-order valence-corrected chi connectivity index (χ4v) is 2.89. The van der Waals surface area contributed by atoms with E-state index in [9.17, 15) is 22.4 Å². The van der Waals surface area contributed by atoms with Crippen LogP contribution in [0.3, 0.4) is 0 Å². The summed E-state index contributed by atoms with van der Waals surface area (Å²) in [4.78, 5) is 23.7. The number of carbonyl (C=O) groups excluding carboxylic acids is 2. The first kappa shape index (κ1) is 20.2. The number of carbonyl (C=O) groups is 2. The fourth-order valence-electron chi connectivity index (χ4n) is 1.88. The fraction of sp³-hybridized carbons (Fsp3) is 0.125. The molecule has 0 aliphatic carbocycles. The van der Waals surface area contributed by atoms with Gasteiger partial charge in [-0.05, 0) is 36.4 Å². The first-order valence-electron chi connectivity index (χ1n) is 6.99. The lowest BCUT2D eigenvalue weighted by molar-refractivity contribution is -0.119. The maximum Gasteiger partial charge on any atom is 0.340 e. The van der Waals surface area contributed by atoms with Gasteiger partial charge < -0.3 is 10.1 Å². The largest absolute Gasteiger partial charge is 0.452 e. The highest BCUT2D eigenvalue weighted by molar-refractivity contribution is 7.90. The summed E-state index contributed by atoms with van der Waals surface area (Å²) in [5, 5.41) is 2.38. The lowest BCUT2D eigenvalue weighted by Crippen LogP contribution is -2.21. The maximum atomic E-state index is 13.5. The summed E-state index contributed by atoms with van der Waals surface area (Å²) in [6.07, 6.45) is 0.971. The summed E-state index contributed by atoms with van der Waals surface area (Å²) < 4.78 is 41.4. The van der Waals surface area contributed by atoms with Gasteiger partial charge in [0.25, 0.3) is 5.91 Å². The van der Waals surface area contributed by atoms with Crippen LogP contribution in [0.2, 0.25) is 10.0 Å². The van der Waals surface area contributed by atoms with Crippen LogP contribution in [0.15, 0.2) is 41.3 Å². The van der Waals surface area contributed by atoms with Gasteiger partial charge in [-0.3, -0.25) is 4.79 Å². The van der Waals surface area contributed by atoms with Gasteiger partial charge in [0.15, 0.2) is 16.4 Å². The van der Waals surface area contributed by atoms with Crippen LogP contribution >= 0.6 is 23.2 Å². The van der Waals surface area contributed by atoms with E-state index < -0.39 is 34.1 Å². The topological polar surface area (TPSA) is 89.5 Å². The van der Waals surface area contributed by atoms with Crippen LogP contribution in [0.1, 0.15) is 10.4 Å². The van der Waals surface area contributed by atoms with E-state index in [1.54, 1.807) is 0 Å². The lowest BCUT2D eigenvalue weighted by Gasteiger charge is -2.09. The molecule has 0 saturated heterocycles. The zero-order chi connectivity index (χ0) is 19.5. The van der Waals surface area contributed by atoms with E-state index in [1.165, 1.54) is 24.3 Å². The van der Waals surface area contributed by atoms with Crippen molar-refractivity contribution in [1.29, 1.82) is 0 Å². The van der Waals surface area contributed by atoms with Crippen LogP contribution in [0.5, 0.6) is 0 Å². The smallest absolute Gasteiger partial charge is 0.340 e. The monoisotopic (exact) mass is 419 g/mol. The zero-order valence-corrected chi connectivity index (χ0v) is 15.6. The average Bonchev–Trinajstić information content (AvgIpc) is 2.55. The van der Waals surface area contributed by atoms with Gasteiger partial charge in [-0.2, -0.15) is 0 Å². The Labute approximate surface area is 158 Å². The molecule has 0 aromatic heterocycles. The van der Waals surface area contributed by atoms with E-state index in [1.807, 2.05) is 0 Å². The van der Waals surface area contributed by atoms with Gasteiger partial charge in [-0.1, -0.05) is 23.2 Å². The normalized spacial score (nSPS) is 11.1. The van der Waals surface area contributed by atoms with Crippen molar-refractivity contribution in [2.75, 3.05) is 18.2 Å². The van der Waals surface area contributed by atoms with Gasteiger partial charge in [0.05, 0.1) is 21.2 Å². The number of esters is 1. The first-order chi connectivity index (χ1) is 12.1. The predicted molar refractivity (Wildman–Crippen MR) is 94.9 cm³/mol. The molecule has 0 radical (unpaired) electrons. The van der Waals surface area contributed by atoms with E-state index in [4.69, 9.17) is 27.9 Å². The van der Waals surface area contributed by atoms with Crippen LogP contribution in [0, 0.1) is 5.82 Å². The molecule has 0 aliphatic rings. The molecule has 6 nitrogen and oxygen atoms in total. The summed E-state index contributed by atoms with van der Waals surface area (Å²) in [5.74, 6) is -2.52. The molecule has 0 spiro atoms. The molecule has 10 heteroatoms. The van der Waals surface area contributed by atoms with Crippen molar-refractivity contribution in [2.45, 2.75) is 4.90 Å². The molecule has 26 heavy (non-hydrogen) atoms. The summed E-state index contributed by atoms with van der Waals surface area (Å²) in [6.45, 7) is -0.732. The number of amides is 1. The molecule has 2 aromatic carbocycles. The van der Waals surface area contributed by atoms with E-state index in [0.717, 1.165) is 18.4 Å². The van der Waals surface area contributed by atoms with Crippen LogP contribution in [0.4, 0.5) is 10.1 Å². The van der Waals surface area contributed by atoms with Crippen molar-refractivity contribution >= 4 is 50.6 Å². The third-order valence-electron chi connectivity index (χ3n) is 3.12. The Bertz CT molecular complexity index is 979. The number of nitrogens with one attached hydrogen (secondary N) is 1.